The quantitative estimate of drug-likeness (QED) is 0.199. The van der Waals surface area contributed by atoms with E-state index in [4.69, 9.17) is 15.2 Å². The Morgan fingerprint density at radius 2 is 1.75 bits per heavy atom. The molecule has 2 aliphatic heterocycles. The second kappa shape index (κ2) is 11.4. The predicted molar refractivity (Wildman–Crippen MR) is 155 cm³/mol. The van der Waals surface area contributed by atoms with Crippen molar-refractivity contribution >= 4 is 22.3 Å². The van der Waals surface area contributed by atoms with Gasteiger partial charge in [-0.3, -0.25) is 4.90 Å². The van der Waals surface area contributed by atoms with E-state index < -0.39 is 24.5 Å². The summed E-state index contributed by atoms with van der Waals surface area (Å²) in [5.41, 5.74) is 6.82. The van der Waals surface area contributed by atoms with Gasteiger partial charge in [-0.15, -0.1) is 0 Å². The zero-order valence-corrected chi connectivity index (χ0v) is 24.3. The number of hydrogen-bond donors (Lipinski definition) is 1. The lowest BCUT2D eigenvalue weighted by Crippen LogP contribution is -2.68. The van der Waals surface area contributed by atoms with Gasteiger partial charge < -0.3 is 24.7 Å². The standard InChI is InChI=1S/C32H34F6N4O2/c1-43-29-14-21(32(36,37)38)7-12-28(29)41(23-10-8-22(9-11-23)40-16-30(17-40)19-44-20-30)13-3-4-24-15-25-26(39)5-2-6-27(25)42(24)18-31(33,34)35/h2,5-7,12,14-15,22-23H,8-11,13,16-20,39H2,1H3. The fourth-order valence-electron chi connectivity index (χ4n) is 6.86. The molecule has 0 atom stereocenters. The number of likely N-dealkylation sites (tertiary alicyclic amines) is 1. The summed E-state index contributed by atoms with van der Waals surface area (Å²) in [5.74, 6) is 6.00. The van der Waals surface area contributed by atoms with Crippen molar-refractivity contribution in [1.29, 1.82) is 0 Å². The van der Waals surface area contributed by atoms with Crippen LogP contribution < -0.4 is 15.4 Å². The van der Waals surface area contributed by atoms with Crippen LogP contribution in [0.5, 0.6) is 5.75 Å². The Kier molecular flexibility index (Phi) is 7.91. The third kappa shape index (κ3) is 6.04. The molecule has 3 heterocycles. The first-order valence-corrected chi connectivity index (χ1v) is 14.6. The number of benzene rings is 2. The fraction of sp³-hybridized carbons (Fsp3) is 0.500. The molecule has 0 amide bonds. The van der Waals surface area contributed by atoms with E-state index in [0.717, 1.165) is 68.7 Å². The lowest BCUT2D eigenvalue weighted by molar-refractivity contribution is -0.200. The first-order valence-electron chi connectivity index (χ1n) is 14.6. The summed E-state index contributed by atoms with van der Waals surface area (Å²) >= 11 is 0. The maximum atomic E-state index is 13.5. The van der Waals surface area contributed by atoms with Gasteiger partial charge in [0, 0.05) is 41.7 Å². The summed E-state index contributed by atoms with van der Waals surface area (Å²) in [7, 11) is 1.32. The van der Waals surface area contributed by atoms with Gasteiger partial charge in [0.15, 0.2) is 0 Å². The molecule has 1 aromatic heterocycles. The summed E-state index contributed by atoms with van der Waals surface area (Å²) in [4.78, 5) is 4.43. The van der Waals surface area contributed by atoms with Crippen molar-refractivity contribution < 1.29 is 35.8 Å². The monoisotopic (exact) mass is 620 g/mol. The smallest absolute Gasteiger partial charge is 0.416 e. The zero-order valence-electron chi connectivity index (χ0n) is 24.3. The molecule has 236 valence electrons. The van der Waals surface area contributed by atoms with Crippen LogP contribution in [0, 0.1) is 17.3 Å². The highest BCUT2D eigenvalue weighted by Gasteiger charge is 2.51. The molecule has 6 nitrogen and oxygen atoms in total. The summed E-state index contributed by atoms with van der Waals surface area (Å²) < 4.78 is 93.0. The molecule has 2 aromatic carbocycles. The number of methoxy groups -OCH3 is 1. The van der Waals surface area contributed by atoms with Gasteiger partial charge in [-0.2, -0.15) is 26.3 Å². The van der Waals surface area contributed by atoms with E-state index in [1.54, 1.807) is 24.3 Å². The van der Waals surface area contributed by atoms with Crippen LogP contribution in [-0.4, -0.2) is 67.7 Å². The van der Waals surface area contributed by atoms with Crippen LogP contribution in [0.4, 0.5) is 37.7 Å². The van der Waals surface area contributed by atoms with Crippen molar-refractivity contribution in [2.45, 2.75) is 56.7 Å². The molecule has 1 aliphatic carbocycles. The Labute approximate surface area is 251 Å². The maximum Gasteiger partial charge on any atom is 0.416 e. The number of ether oxygens (including phenoxy) is 2. The normalized spacial score (nSPS) is 21.8. The Hall–Kier alpha value is -3.56. The lowest BCUT2D eigenvalue weighted by atomic mass is 9.75. The molecular formula is C32H34F6N4O2. The molecule has 44 heavy (non-hydrogen) atoms. The Morgan fingerprint density at radius 1 is 1.02 bits per heavy atom. The van der Waals surface area contributed by atoms with Crippen molar-refractivity contribution in [2.75, 3.05) is 50.6 Å². The molecular weight excluding hydrogens is 586 g/mol. The number of halogens is 6. The van der Waals surface area contributed by atoms with Crippen LogP contribution in [0.3, 0.4) is 0 Å². The molecule has 3 aromatic rings. The van der Waals surface area contributed by atoms with Crippen LogP contribution in [-0.2, 0) is 17.5 Å². The minimum atomic E-state index is -4.54. The largest absolute Gasteiger partial charge is 0.495 e. The minimum absolute atomic E-state index is 0.0369. The Morgan fingerprint density at radius 3 is 2.36 bits per heavy atom. The number of fused-ring (bicyclic) bond motifs is 1. The Balaban J connectivity index is 1.28. The molecule has 12 heteroatoms. The maximum absolute atomic E-state index is 13.5. The second-order valence-corrected chi connectivity index (χ2v) is 12.2. The Bertz CT molecular complexity index is 1570. The average molecular weight is 621 g/mol. The van der Waals surface area contributed by atoms with E-state index in [-0.39, 0.29) is 24.0 Å². The molecule has 0 unspecified atom stereocenters. The molecule has 3 fully saturated rings. The predicted octanol–water partition coefficient (Wildman–Crippen LogP) is 6.31. The second-order valence-electron chi connectivity index (χ2n) is 12.2. The summed E-state index contributed by atoms with van der Waals surface area (Å²) in [6.07, 6.45) is -5.58. The van der Waals surface area contributed by atoms with Gasteiger partial charge in [0.05, 0.1) is 49.3 Å². The van der Waals surface area contributed by atoms with Gasteiger partial charge in [-0.05, 0) is 68.0 Å². The van der Waals surface area contributed by atoms with Gasteiger partial charge in [0.25, 0.3) is 0 Å². The molecule has 1 saturated carbocycles. The summed E-state index contributed by atoms with van der Waals surface area (Å²) in [6, 6.07) is 10.1. The van der Waals surface area contributed by atoms with Gasteiger partial charge in [0.2, 0.25) is 0 Å². The van der Waals surface area contributed by atoms with Crippen LogP contribution in [0.1, 0.15) is 36.9 Å². The highest BCUT2D eigenvalue weighted by atomic mass is 19.4. The molecule has 2 N–H and O–H groups in total. The van der Waals surface area contributed by atoms with Gasteiger partial charge in [-0.1, -0.05) is 12.0 Å². The first-order chi connectivity index (χ1) is 20.9. The number of hydrogen-bond acceptors (Lipinski definition) is 5. The lowest BCUT2D eigenvalue weighted by Gasteiger charge is -2.58. The van der Waals surface area contributed by atoms with E-state index in [1.165, 1.54) is 13.2 Å². The molecule has 3 aliphatic rings. The van der Waals surface area contributed by atoms with E-state index in [0.29, 0.717) is 33.7 Å². The zero-order chi connectivity index (χ0) is 31.3. The van der Waals surface area contributed by atoms with E-state index in [2.05, 4.69) is 16.7 Å². The molecule has 2 saturated heterocycles. The third-order valence-corrected chi connectivity index (χ3v) is 9.12. The van der Waals surface area contributed by atoms with Crippen molar-refractivity contribution in [3.8, 4) is 17.6 Å². The summed E-state index contributed by atoms with van der Waals surface area (Å²) in [5, 5.41) is 0.474. The average Bonchev–Trinajstić information content (AvgIpc) is 3.26. The molecule has 0 radical (unpaired) electrons. The highest BCUT2D eigenvalue weighted by molar-refractivity contribution is 5.92. The van der Waals surface area contributed by atoms with Crippen LogP contribution in [0.2, 0.25) is 0 Å². The topological polar surface area (TPSA) is 55.9 Å². The van der Waals surface area contributed by atoms with E-state index in [9.17, 15) is 26.3 Å². The van der Waals surface area contributed by atoms with Crippen molar-refractivity contribution in [2.24, 2.45) is 5.41 Å². The molecule has 0 bridgehead atoms. The van der Waals surface area contributed by atoms with Crippen molar-refractivity contribution in [3.63, 3.8) is 0 Å². The van der Waals surface area contributed by atoms with E-state index in [1.807, 2.05) is 4.90 Å². The third-order valence-electron chi connectivity index (χ3n) is 9.12. The van der Waals surface area contributed by atoms with E-state index >= 15 is 0 Å². The van der Waals surface area contributed by atoms with Crippen LogP contribution >= 0.6 is 0 Å². The summed E-state index contributed by atoms with van der Waals surface area (Å²) in [6.45, 7) is 2.54. The molecule has 1 spiro atoms. The highest BCUT2D eigenvalue weighted by Crippen LogP contribution is 2.43. The van der Waals surface area contributed by atoms with Gasteiger partial charge in [0.1, 0.15) is 12.3 Å². The van der Waals surface area contributed by atoms with Crippen LogP contribution in [0.15, 0.2) is 42.5 Å². The minimum Gasteiger partial charge on any atom is -0.495 e. The number of aromatic nitrogens is 1. The number of nitrogens with two attached hydrogens (primary N) is 1. The first kappa shape index (κ1) is 30.5. The van der Waals surface area contributed by atoms with Gasteiger partial charge in [-0.25, -0.2) is 0 Å². The molecule has 6 rings (SSSR count). The number of nitrogens with zero attached hydrogens (tertiary/aromatic N) is 3. The van der Waals surface area contributed by atoms with Crippen molar-refractivity contribution in [3.05, 3.63) is 53.7 Å². The number of anilines is 2. The number of nitrogen functional groups attached to an aromatic ring is 1. The van der Waals surface area contributed by atoms with Gasteiger partial charge >= 0.3 is 12.4 Å². The number of alkyl halides is 6. The van der Waals surface area contributed by atoms with Crippen LogP contribution in [0.25, 0.3) is 10.9 Å². The SMILES string of the molecule is COc1cc(C(F)(F)F)ccc1N(CC#Cc1cc2c(N)cccc2n1CC(F)(F)F)C1CCC(N2CC3(COC3)C2)CC1. The number of rotatable bonds is 6. The van der Waals surface area contributed by atoms with Crippen molar-refractivity contribution in [1.82, 2.24) is 9.47 Å². The fourth-order valence-corrected chi connectivity index (χ4v) is 6.86.